The van der Waals surface area contributed by atoms with E-state index in [0.29, 0.717) is 77.2 Å². The van der Waals surface area contributed by atoms with E-state index in [9.17, 15) is 18.2 Å². The maximum absolute atomic E-state index is 10.7. The number of pyridine rings is 1. The maximum atomic E-state index is 10.7. The van der Waals surface area contributed by atoms with Crippen LogP contribution in [0.4, 0.5) is 0 Å². The van der Waals surface area contributed by atoms with Crippen molar-refractivity contribution in [2.24, 2.45) is 5.84 Å². The lowest BCUT2D eigenvalue weighted by atomic mass is 10.2. The van der Waals surface area contributed by atoms with Crippen molar-refractivity contribution >= 4 is 22.2 Å². The lowest BCUT2D eigenvalue weighted by molar-refractivity contribution is -0.777. The van der Waals surface area contributed by atoms with E-state index in [2.05, 4.69) is 26.5 Å². The van der Waals surface area contributed by atoms with Gasteiger partial charge in [0.15, 0.2) is 18.2 Å². The summed E-state index contributed by atoms with van der Waals surface area (Å²) in [6.45, 7) is 4.42. The van der Waals surface area contributed by atoms with E-state index in [1.165, 1.54) is 0 Å². The predicted octanol–water partition coefficient (Wildman–Crippen LogP) is 1.53. The zero-order chi connectivity index (χ0) is 26.7. The molecule has 3 rings (SSSR count). The third-order valence-electron chi connectivity index (χ3n) is 4.90. The minimum absolute atomic E-state index is 0.218. The fourth-order valence-electron chi connectivity index (χ4n) is 3.20. The number of ether oxygens (including phenoxy) is 1. The molecule has 3 N–H and O–H groups in total. The Balaban J connectivity index is 1.66. The number of allylic oxidation sites excluding steroid dienone is 1. The predicted molar refractivity (Wildman–Crippen MR) is 127 cm³/mol. The molecule has 0 spiro atoms. The Labute approximate surface area is 217 Å². The molecule has 0 atom stereocenters. The number of nitrogens with zero attached hydrogens (tertiary/aromatic N) is 2. The number of hydrogen-bond donors (Lipinski definition) is 2. The third kappa shape index (κ3) is 9.42. The van der Waals surface area contributed by atoms with Crippen LogP contribution >= 0.6 is 12.0 Å². The first-order valence-corrected chi connectivity index (χ1v) is 13.2. The summed E-state index contributed by atoms with van der Waals surface area (Å²) in [6, 6.07) is 8.71. The normalized spacial score (nSPS) is 11.4. The van der Waals surface area contributed by atoms with Crippen molar-refractivity contribution in [1.29, 1.82) is 0 Å². The molecule has 0 radical (unpaired) electrons. The highest BCUT2D eigenvalue weighted by atomic mass is 32.2. The summed E-state index contributed by atoms with van der Waals surface area (Å²) in [6.07, 6.45) is 6.38. The van der Waals surface area contributed by atoms with Gasteiger partial charge >= 0.3 is 0 Å². The number of rotatable bonds is 16. The average molecular weight is 554 g/mol. The van der Waals surface area contributed by atoms with Gasteiger partial charge in [0.25, 0.3) is 0 Å². The standard InChI is InChI=1S/C22H26N4O9S2/c1-16(33-25-23)4-2-12-31-19-6-5-18(14-21(19)36-35-34-27)20-15-24-22(32-20)17-7-10-26(11-8-17)9-3-13-37(28,29)30/h5-8,10-11,14-15,23-24H,1-4,9,12-13H2,(H2,27,28,29,30)/p-1. The molecule has 37 heavy (non-hydrogen) atoms. The summed E-state index contributed by atoms with van der Waals surface area (Å²) in [7, 11) is -4.23. The third-order valence-corrected chi connectivity index (χ3v) is 6.31. The number of benzene rings is 1. The zero-order valence-corrected chi connectivity index (χ0v) is 21.2. The average Bonchev–Trinajstić information content (AvgIpc) is 3.36. The molecule has 200 valence electrons. The van der Waals surface area contributed by atoms with Gasteiger partial charge in [0.2, 0.25) is 5.89 Å². The highest BCUT2D eigenvalue weighted by Gasteiger charge is 2.14. The fraction of sp³-hybridized carbons (Fsp3) is 0.273. The van der Waals surface area contributed by atoms with Crippen LogP contribution in [0.15, 0.2) is 70.6 Å². The van der Waals surface area contributed by atoms with Gasteiger partial charge in [-0.1, -0.05) is 12.2 Å². The molecule has 0 bridgehead atoms. The first kappa shape index (κ1) is 28.5. The lowest BCUT2D eigenvalue weighted by Crippen LogP contribution is -2.33. The molecular weight excluding hydrogens is 528 g/mol. The Kier molecular flexibility index (Phi) is 10.8. The van der Waals surface area contributed by atoms with Crippen LogP contribution in [0.3, 0.4) is 0 Å². The Morgan fingerprint density at radius 1 is 1.22 bits per heavy atom. The molecule has 0 aliphatic carbocycles. The van der Waals surface area contributed by atoms with Crippen LogP contribution in [0.25, 0.3) is 22.8 Å². The van der Waals surface area contributed by atoms with Gasteiger partial charge in [-0.25, -0.2) is 23.8 Å². The molecule has 13 nitrogen and oxygen atoms in total. The smallest absolute Gasteiger partial charge is 0.227 e. The number of oxazole rings is 1. The summed E-state index contributed by atoms with van der Waals surface area (Å²) in [4.78, 5) is 9.65. The van der Waals surface area contributed by atoms with E-state index < -0.39 is 15.9 Å². The Morgan fingerprint density at radius 3 is 2.70 bits per heavy atom. The summed E-state index contributed by atoms with van der Waals surface area (Å²) in [5, 5.41) is 13.8. The highest BCUT2D eigenvalue weighted by Crippen LogP contribution is 2.35. The van der Waals surface area contributed by atoms with Crippen LogP contribution < -0.4 is 26.0 Å². The van der Waals surface area contributed by atoms with Crippen molar-refractivity contribution in [1.82, 2.24) is 10.6 Å². The minimum Gasteiger partial charge on any atom is -0.748 e. The summed E-state index contributed by atoms with van der Waals surface area (Å²) in [5.74, 6) is 6.40. The second kappa shape index (κ2) is 14.1. The number of hydrogen-bond acceptors (Lipinski definition) is 13. The van der Waals surface area contributed by atoms with Gasteiger partial charge in [-0.15, -0.1) is 0 Å². The van der Waals surface area contributed by atoms with Gasteiger partial charge in [0.1, 0.15) is 18.1 Å². The molecule has 3 aromatic rings. The van der Waals surface area contributed by atoms with Crippen molar-refractivity contribution in [3.63, 3.8) is 0 Å². The molecular formula is C22H25N4O9S2-. The molecule has 0 amide bonds. The van der Waals surface area contributed by atoms with Crippen molar-refractivity contribution in [3.8, 4) is 28.5 Å². The van der Waals surface area contributed by atoms with Gasteiger partial charge in [-0.3, -0.25) is 5.04 Å². The highest BCUT2D eigenvalue weighted by molar-refractivity contribution is 7.94. The van der Waals surface area contributed by atoms with E-state index >= 15 is 0 Å². The molecule has 2 aromatic heterocycles. The van der Waals surface area contributed by atoms with Crippen LogP contribution in [0, 0.1) is 0 Å². The van der Waals surface area contributed by atoms with Gasteiger partial charge < -0.3 is 23.8 Å². The summed E-state index contributed by atoms with van der Waals surface area (Å²) in [5.41, 5.74) is 3.42. The van der Waals surface area contributed by atoms with E-state index in [-0.39, 0.29) is 6.42 Å². The molecule has 1 aromatic carbocycles. The van der Waals surface area contributed by atoms with E-state index in [1.54, 1.807) is 53.5 Å². The zero-order valence-electron chi connectivity index (χ0n) is 19.5. The van der Waals surface area contributed by atoms with E-state index in [4.69, 9.17) is 19.8 Å². The SMILES string of the molecule is C=C(CCCOc1ccc(-c2cnc(-c3cc[n+](CCCS(=O)(=O)[O-])cc3)o2)cc1SOO[O-])ONN. The number of nitrogens with one attached hydrogen (secondary N) is 1. The van der Waals surface area contributed by atoms with Crippen molar-refractivity contribution in [2.45, 2.75) is 30.7 Å². The van der Waals surface area contributed by atoms with E-state index in [0.717, 1.165) is 0 Å². The van der Waals surface area contributed by atoms with Crippen LogP contribution in [0.1, 0.15) is 19.3 Å². The second-order valence-corrected chi connectivity index (χ2v) is 9.83. The number of aromatic nitrogens is 2. The van der Waals surface area contributed by atoms with Crippen LogP contribution in [-0.4, -0.2) is 30.3 Å². The van der Waals surface area contributed by atoms with Gasteiger partial charge in [0, 0.05) is 41.9 Å². The summed E-state index contributed by atoms with van der Waals surface area (Å²) >= 11 is 0.690. The van der Waals surface area contributed by atoms with Crippen LogP contribution in [0.2, 0.25) is 0 Å². The van der Waals surface area contributed by atoms with Crippen LogP contribution in [0.5, 0.6) is 5.75 Å². The molecule has 0 aliphatic rings. The first-order chi connectivity index (χ1) is 17.8. The first-order valence-electron chi connectivity index (χ1n) is 10.9. The van der Waals surface area contributed by atoms with Crippen molar-refractivity contribution in [2.75, 3.05) is 12.4 Å². The Morgan fingerprint density at radius 2 is 2.00 bits per heavy atom. The fourth-order valence-corrected chi connectivity index (χ4v) is 4.16. The molecule has 15 heteroatoms. The van der Waals surface area contributed by atoms with Crippen molar-refractivity contribution in [3.05, 3.63) is 61.3 Å². The molecule has 0 aliphatic heterocycles. The summed E-state index contributed by atoms with van der Waals surface area (Å²) < 4.78 is 50.1. The topological polar surface area (TPSA) is 185 Å². The van der Waals surface area contributed by atoms with Crippen LogP contribution in [-0.2, 0) is 30.9 Å². The minimum atomic E-state index is -4.23. The number of aryl methyl sites for hydroxylation is 1. The molecule has 0 unspecified atom stereocenters. The molecule has 0 fully saturated rings. The molecule has 2 heterocycles. The Bertz CT molecular complexity index is 1270. The largest absolute Gasteiger partial charge is 0.748 e. The van der Waals surface area contributed by atoms with Gasteiger partial charge in [-0.05, 0) is 24.6 Å². The lowest BCUT2D eigenvalue weighted by Gasteiger charge is -2.13. The number of hydrazine groups is 1. The molecule has 0 saturated carbocycles. The number of nitrogens with two attached hydrogens (primary N) is 1. The maximum Gasteiger partial charge on any atom is 0.227 e. The second-order valence-electron chi connectivity index (χ2n) is 7.56. The van der Waals surface area contributed by atoms with Gasteiger partial charge in [-0.2, -0.15) is 4.33 Å². The monoisotopic (exact) mass is 553 g/mol. The van der Waals surface area contributed by atoms with E-state index in [1.807, 2.05) is 0 Å². The molecule has 0 saturated heterocycles. The quantitative estimate of drug-likeness (QED) is 0.0380. The van der Waals surface area contributed by atoms with Crippen molar-refractivity contribution < 1.29 is 46.2 Å². The van der Waals surface area contributed by atoms with Gasteiger partial charge in [0.05, 0.1) is 39.9 Å². The Hall–Kier alpha value is -3.02.